The van der Waals surface area contributed by atoms with E-state index in [-0.39, 0.29) is 5.91 Å². The molecule has 1 aromatic heterocycles. The van der Waals surface area contributed by atoms with Gasteiger partial charge in [-0.1, -0.05) is 24.4 Å². The monoisotopic (exact) mass is 389 g/mol. The van der Waals surface area contributed by atoms with Crippen LogP contribution in [0.15, 0.2) is 27.6 Å². The Balaban J connectivity index is 1.41. The summed E-state index contributed by atoms with van der Waals surface area (Å²) in [5.74, 6) is 2.89. The highest BCUT2D eigenvalue weighted by molar-refractivity contribution is 8.00. The Bertz CT molecular complexity index is 817. The maximum Gasteiger partial charge on any atom is 0.231 e. The van der Waals surface area contributed by atoms with Gasteiger partial charge in [-0.2, -0.15) is 4.98 Å². The van der Waals surface area contributed by atoms with Gasteiger partial charge in [0.05, 0.1) is 5.75 Å². The van der Waals surface area contributed by atoms with Crippen LogP contribution in [0.2, 0.25) is 0 Å². The predicted octanol–water partition coefficient (Wildman–Crippen LogP) is 3.22. The summed E-state index contributed by atoms with van der Waals surface area (Å²) in [5, 5.41) is 7.29. The number of benzene rings is 1. The number of amides is 1. The molecular formula is C19H23N3O4S. The summed E-state index contributed by atoms with van der Waals surface area (Å²) in [7, 11) is 0. The lowest BCUT2D eigenvalue weighted by Gasteiger charge is -2.35. The summed E-state index contributed by atoms with van der Waals surface area (Å²) in [6.45, 7) is 2.89. The minimum Gasteiger partial charge on any atom is -0.486 e. The number of hydrogen-bond acceptors (Lipinski definition) is 7. The molecule has 4 rings (SSSR count). The lowest BCUT2D eigenvalue weighted by molar-refractivity contribution is -0.121. The molecule has 1 aromatic carbocycles. The van der Waals surface area contributed by atoms with Gasteiger partial charge in [0.1, 0.15) is 18.8 Å². The van der Waals surface area contributed by atoms with Crippen molar-refractivity contribution in [2.45, 2.75) is 49.5 Å². The van der Waals surface area contributed by atoms with E-state index >= 15 is 0 Å². The van der Waals surface area contributed by atoms with Gasteiger partial charge in [-0.15, -0.1) is 11.8 Å². The van der Waals surface area contributed by atoms with E-state index in [4.69, 9.17) is 14.0 Å². The number of carbonyl (C=O) groups is 1. The Morgan fingerprint density at radius 1 is 1.19 bits per heavy atom. The van der Waals surface area contributed by atoms with Crippen molar-refractivity contribution in [3.63, 3.8) is 0 Å². The number of rotatable bonds is 5. The first-order chi connectivity index (χ1) is 13.1. The Hall–Kier alpha value is -2.22. The Labute approximate surface area is 162 Å². The molecule has 8 heteroatoms. The van der Waals surface area contributed by atoms with Crippen LogP contribution in [0.4, 0.5) is 0 Å². The third kappa shape index (κ3) is 4.05. The summed E-state index contributed by atoms with van der Waals surface area (Å²) < 4.78 is 16.3. The first-order valence-corrected chi connectivity index (χ1v) is 10.3. The maximum absolute atomic E-state index is 12.7. The van der Waals surface area contributed by atoms with Crippen molar-refractivity contribution in [2.75, 3.05) is 19.0 Å². The van der Waals surface area contributed by atoms with E-state index in [2.05, 4.69) is 15.5 Å². The Kier molecular flexibility index (Phi) is 5.24. The fourth-order valence-corrected chi connectivity index (χ4v) is 4.34. The van der Waals surface area contributed by atoms with Crippen molar-refractivity contribution in [1.29, 1.82) is 0 Å². The number of aromatic nitrogens is 2. The third-order valence-corrected chi connectivity index (χ3v) is 5.92. The number of ether oxygens (including phenoxy) is 2. The van der Waals surface area contributed by atoms with Crippen LogP contribution in [0.1, 0.15) is 43.8 Å². The molecule has 1 N–H and O–H groups in total. The molecule has 1 amide bonds. The fourth-order valence-electron chi connectivity index (χ4n) is 3.62. The summed E-state index contributed by atoms with van der Waals surface area (Å²) >= 11 is 1.48. The molecule has 0 atom stereocenters. The average Bonchev–Trinajstić information content (AvgIpc) is 3.14. The predicted molar refractivity (Wildman–Crippen MR) is 100 cm³/mol. The zero-order valence-electron chi connectivity index (χ0n) is 15.3. The molecule has 1 saturated carbocycles. The van der Waals surface area contributed by atoms with E-state index in [1.807, 2.05) is 18.2 Å². The van der Waals surface area contributed by atoms with E-state index in [9.17, 15) is 4.79 Å². The van der Waals surface area contributed by atoms with Crippen LogP contribution in [0.3, 0.4) is 0 Å². The SMILES string of the molecule is Cc1nc(C2(NC(=O)CSc3ccc4c(c3)OCCO4)CCCCC2)no1. The van der Waals surface area contributed by atoms with Crippen LogP contribution in [0.5, 0.6) is 11.5 Å². The zero-order chi connectivity index (χ0) is 18.7. The Morgan fingerprint density at radius 2 is 1.96 bits per heavy atom. The number of nitrogens with one attached hydrogen (secondary N) is 1. The second-order valence-corrected chi connectivity index (χ2v) is 7.97. The van der Waals surface area contributed by atoms with Crippen LogP contribution in [0, 0.1) is 6.92 Å². The number of hydrogen-bond donors (Lipinski definition) is 1. The highest BCUT2D eigenvalue weighted by Gasteiger charge is 2.39. The number of nitrogens with zero attached hydrogens (tertiary/aromatic N) is 2. The smallest absolute Gasteiger partial charge is 0.231 e. The minimum atomic E-state index is -0.513. The molecule has 2 aromatic rings. The van der Waals surface area contributed by atoms with Crippen molar-refractivity contribution in [3.8, 4) is 11.5 Å². The van der Waals surface area contributed by atoms with E-state index in [1.165, 1.54) is 18.2 Å². The quantitative estimate of drug-likeness (QED) is 0.786. The van der Waals surface area contributed by atoms with Gasteiger partial charge in [0.15, 0.2) is 17.3 Å². The summed E-state index contributed by atoms with van der Waals surface area (Å²) in [6, 6.07) is 5.76. The summed E-state index contributed by atoms with van der Waals surface area (Å²) in [4.78, 5) is 18.1. The molecule has 1 aliphatic carbocycles. The normalized spacial score (nSPS) is 18.1. The second kappa shape index (κ2) is 7.80. The summed E-state index contributed by atoms with van der Waals surface area (Å²) in [6.07, 6.45) is 4.94. The van der Waals surface area contributed by atoms with Gasteiger partial charge >= 0.3 is 0 Å². The van der Waals surface area contributed by atoms with Crippen molar-refractivity contribution >= 4 is 17.7 Å². The molecule has 27 heavy (non-hydrogen) atoms. The van der Waals surface area contributed by atoms with Crippen molar-refractivity contribution < 1.29 is 18.8 Å². The van der Waals surface area contributed by atoms with Gasteiger partial charge < -0.3 is 19.3 Å². The topological polar surface area (TPSA) is 86.5 Å². The van der Waals surface area contributed by atoms with Gasteiger partial charge in [-0.25, -0.2) is 0 Å². The van der Waals surface area contributed by atoms with Gasteiger partial charge in [0.2, 0.25) is 11.8 Å². The van der Waals surface area contributed by atoms with Crippen LogP contribution in [0.25, 0.3) is 0 Å². The number of carbonyl (C=O) groups excluding carboxylic acids is 1. The van der Waals surface area contributed by atoms with Crippen LogP contribution >= 0.6 is 11.8 Å². The van der Waals surface area contributed by atoms with Gasteiger partial charge in [0.25, 0.3) is 0 Å². The fraction of sp³-hybridized carbons (Fsp3) is 0.526. The molecule has 0 spiro atoms. The van der Waals surface area contributed by atoms with E-state index < -0.39 is 5.54 Å². The molecule has 2 heterocycles. The molecule has 144 valence electrons. The lowest BCUT2D eigenvalue weighted by atomic mass is 9.81. The van der Waals surface area contributed by atoms with Crippen molar-refractivity contribution in [3.05, 3.63) is 29.9 Å². The van der Waals surface area contributed by atoms with Crippen LogP contribution < -0.4 is 14.8 Å². The first-order valence-electron chi connectivity index (χ1n) is 9.29. The minimum absolute atomic E-state index is 0.0285. The molecule has 7 nitrogen and oxygen atoms in total. The lowest BCUT2D eigenvalue weighted by Crippen LogP contribution is -2.48. The largest absolute Gasteiger partial charge is 0.486 e. The van der Waals surface area contributed by atoms with Gasteiger partial charge in [-0.3, -0.25) is 4.79 Å². The third-order valence-electron chi connectivity index (χ3n) is 4.92. The standard InChI is InChI=1S/C19H23N3O4S/c1-13-20-18(22-26-13)19(7-3-2-4-8-19)21-17(23)12-27-14-5-6-15-16(11-14)25-10-9-24-15/h5-6,11H,2-4,7-10,12H2,1H3,(H,21,23). The maximum atomic E-state index is 12.7. The highest BCUT2D eigenvalue weighted by Crippen LogP contribution is 2.37. The van der Waals surface area contributed by atoms with E-state index in [0.29, 0.717) is 30.7 Å². The Morgan fingerprint density at radius 3 is 2.70 bits per heavy atom. The number of thioether (sulfide) groups is 1. The molecule has 1 aliphatic heterocycles. The number of aryl methyl sites for hydroxylation is 1. The van der Waals surface area contributed by atoms with E-state index in [0.717, 1.165) is 42.1 Å². The average molecular weight is 389 g/mol. The second-order valence-electron chi connectivity index (χ2n) is 6.92. The summed E-state index contributed by atoms with van der Waals surface area (Å²) in [5.41, 5.74) is -0.513. The molecule has 0 radical (unpaired) electrons. The molecule has 0 bridgehead atoms. The zero-order valence-corrected chi connectivity index (χ0v) is 16.1. The van der Waals surface area contributed by atoms with Gasteiger partial charge in [-0.05, 0) is 31.0 Å². The molecule has 0 saturated heterocycles. The van der Waals surface area contributed by atoms with Crippen LogP contribution in [-0.4, -0.2) is 35.0 Å². The molecular weight excluding hydrogens is 366 g/mol. The van der Waals surface area contributed by atoms with Gasteiger partial charge in [0, 0.05) is 11.8 Å². The van der Waals surface area contributed by atoms with Crippen molar-refractivity contribution in [2.24, 2.45) is 0 Å². The molecule has 0 unspecified atom stereocenters. The molecule has 2 aliphatic rings. The first kappa shape index (κ1) is 18.2. The van der Waals surface area contributed by atoms with E-state index in [1.54, 1.807) is 6.92 Å². The molecule has 1 fully saturated rings. The highest BCUT2D eigenvalue weighted by atomic mass is 32.2. The number of fused-ring (bicyclic) bond motifs is 1. The van der Waals surface area contributed by atoms with Crippen LogP contribution in [-0.2, 0) is 10.3 Å². The van der Waals surface area contributed by atoms with Crippen molar-refractivity contribution in [1.82, 2.24) is 15.5 Å².